The summed E-state index contributed by atoms with van der Waals surface area (Å²) in [4.78, 5) is 16.0. The maximum absolute atomic E-state index is 11.7. The monoisotopic (exact) mass is 291 g/mol. The van der Waals surface area contributed by atoms with Crippen LogP contribution in [0.3, 0.4) is 0 Å². The van der Waals surface area contributed by atoms with E-state index in [1.165, 1.54) is 11.3 Å². The van der Waals surface area contributed by atoms with Crippen LogP contribution in [0.4, 0.5) is 14.9 Å². The molecule has 0 bridgehead atoms. The average molecular weight is 291 g/mol. The number of hydrogen-bond acceptors (Lipinski definition) is 5. The minimum atomic E-state index is -0.546. The van der Waals surface area contributed by atoms with Crippen molar-refractivity contribution in [2.45, 2.75) is 26.4 Å². The third kappa shape index (κ3) is 3.71. The molecule has 3 N–H and O–H groups in total. The van der Waals surface area contributed by atoms with E-state index in [-0.39, 0.29) is 0 Å². The summed E-state index contributed by atoms with van der Waals surface area (Å²) < 4.78 is 5.17. The first-order valence-corrected chi connectivity index (χ1v) is 6.98. The first kappa shape index (κ1) is 14.3. The lowest BCUT2D eigenvalue weighted by Gasteiger charge is -2.18. The predicted molar refractivity (Wildman–Crippen MR) is 81.8 cm³/mol. The SMILES string of the molecule is CC(C)(C)OC(=O)Nc1nc(-c2ccccc2)c(N)s1. The number of nitrogens with zero attached hydrogens (tertiary/aromatic N) is 1. The third-order valence-corrected chi connectivity index (χ3v) is 3.11. The fourth-order valence-corrected chi connectivity index (χ4v) is 2.32. The first-order valence-electron chi connectivity index (χ1n) is 6.17. The Hall–Kier alpha value is -2.08. The zero-order valence-electron chi connectivity index (χ0n) is 11.6. The normalized spacial score (nSPS) is 11.2. The van der Waals surface area contributed by atoms with E-state index in [2.05, 4.69) is 10.3 Å². The van der Waals surface area contributed by atoms with Crippen molar-refractivity contribution in [1.82, 2.24) is 4.98 Å². The molecule has 0 unspecified atom stereocenters. The van der Waals surface area contributed by atoms with Gasteiger partial charge in [-0.15, -0.1) is 0 Å². The molecule has 1 amide bonds. The van der Waals surface area contributed by atoms with E-state index in [4.69, 9.17) is 10.5 Å². The molecule has 1 heterocycles. The number of aromatic nitrogens is 1. The van der Waals surface area contributed by atoms with Crippen LogP contribution in [0.25, 0.3) is 11.3 Å². The minimum Gasteiger partial charge on any atom is -0.444 e. The second-order valence-corrected chi connectivity index (χ2v) is 6.26. The van der Waals surface area contributed by atoms with Gasteiger partial charge in [-0.25, -0.2) is 9.78 Å². The molecule has 0 saturated carbocycles. The molecule has 0 aliphatic carbocycles. The molecule has 5 nitrogen and oxygen atoms in total. The number of hydrogen-bond donors (Lipinski definition) is 2. The van der Waals surface area contributed by atoms with Gasteiger partial charge in [-0.3, -0.25) is 5.32 Å². The molecule has 0 radical (unpaired) electrons. The Kier molecular flexibility index (Phi) is 3.94. The van der Waals surface area contributed by atoms with Crippen LogP contribution >= 0.6 is 11.3 Å². The number of anilines is 2. The number of thiazole rings is 1. The highest BCUT2D eigenvalue weighted by atomic mass is 32.1. The van der Waals surface area contributed by atoms with Crippen LogP contribution in [0.15, 0.2) is 30.3 Å². The quantitative estimate of drug-likeness (QED) is 0.883. The summed E-state index contributed by atoms with van der Waals surface area (Å²) in [5, 5.41) is 3.58. The topological polar surface area (TPSA) is 77.2 Å². The third-order valence-electron chi connectivity index (χ3n) is 2.31. The number of nitrogens with two attached hydrogens (primary N) is 1. The van der Waals surface area contributed by atoms with E-state index in [0.29, 0.717) is 15.8 Å². The molecular weight excluding hydrogens is 274 g/mol. The Morgan fingerprint density at radius 1 is 1.30 bits per heavy atom. The maximum atomic E-state index is 11.7. The van der Waals surface area contributed by atoms with Crippen molar-refractivity contribution in [2.24, 2.45) is 0 Å². The van der Waals surface area contributed by atoms with Gasteiger partial charge < -0.3 is 10.5 Å². The summed E-state index contributed by atoms with van der Waals surface area (Å²) in [7, 11) is 0. The number of amides is 1. The first-order chi connectivity index (χ1) is 9.35. The van der Waals surface area contributed by atoms with Gasteiger partial charge in [0.2, 0.25) is 0 Å². The van der Waals surface area contributed by atoms with Crippen LogP contribution in [0.1, 0.15) is 20.8 Å². The molecule has 2 rings (SSSR count). The Balaban J connectivity index is 2.14. The Morgan fingerprint density at radius 3 is 2.55 bits per heavy atom. The number of ether oxygens (including phenoxy) is 1. The highest BCUT2D eigenvalue weighted by Crippen LogP contribution is 2.33. The second kappa shape index (κ2) is 5.50. The lowest BCUT2D eigenvalue weighted by molar-refractivity contribution is 0.0636. The average Bonchev–Trinajstić information content (AvgIpc) is 2.68. The Morgan fingerprint density at radius 2 is 1.95 bits per heavy atom. The zero-order chi connectivity index (χ0) is 14.8. The largest absolute Gasteiger partial charge is 0.444 e. The second-order valence-electron chi connectivity index (χ2n) is 5.22. The summed E-state index contributed by atoms with van der Waals surface area (Å²) >= 11 is 1.22. The van der Waals surface area contributed by atoms with Gasteiger partial charge in [0.15, 0.2) is 5.13 Å². The fraction of sp³-hybridized carbons (Fsp3) is 0.286. The van der Waals surface area contributed by atoms with Gasteiger partial charge in [0.25, 0.3) is 0 Å². The number of carbonyl (C=O) groups is 1. The predicted octanol–water partition coefficient (Wildman–Crippen LogP) is 3.74. The van der Waals surface area contributed by atoms with Crippen LogP contribution in [-0.4, -0.2) is 16.7 Å². The van der Waals surface area contributed by atoms with Crippen LogP contribution in [0.5, 0.6) is 0 Å². The molecule has 1 aromatic heterocycles. The van der Waals surface area contributed by atoms with Crippen molar-refractivity contribution in [3.05, 3.63) is 30.3 Å². The highest BCUT2D eigenvalue weighted by Gasteiger charge is 2.18. The summed E-state index contributed by atoms with van der Waals surface area (Å²) in [6, 6.07) is 9.58. The van der Waals surface area contributed by atoms with E-state index >= 15 is 0 Å². The van der Waals surface area contributed by atoms with Crippen molar-refractivity contribution >= 4 is 27.6 Å². The van der Waals surface area contributed by atoms with Crippen molar-refractivity contribution in [2.75, 3.05) is 11.1 Å². The van der Waals surface area contributed by atoms with Gasteiger partial charge in [0.1, 0.15) is 16.3 Å². The highest BCUT2D eigenvalue weighted by molar-refractivity contribution is 7.20. The van der Waals surface area contributed by atoms with Gasteiger partial charge >= 0.3 is 6.09 Å². The van der Waals surface area contributed by atoms with Crippen LogP contribution in [0.2, 0.25) is 0 Å². The molecule has 0 fully saturated rings. The lowest BCUT2D eigenvalue weighted by Crippen LogP contribution is -2.27. The van der Waals surface area contributed by atoms with Crippen molar-refractivity contribution < 1.29 is 9.53 Å². The number of carbonyl (C=O) groups excluding carboxylic acids is 1. The Labute approximate surface area is 121 Å². The van der Waals surface area contributed by atoms with Gasteiger partial charge in [-0.05, 0) is 20.8 Å². The van der Waals surface area contributed by atoms with E-state index in [0.717, 1.165) is 5.56 Å². The zero-order valence-corrected chi connectivity index (χ0v) is 12.5. The van der Waals surface area contributed by atoms with Crippen molar-refractivity contribution in [3.8, 4) is 11.3 Å². The van der Waals surface area contributed by atoms with Crippen LogP contribution < -0.4 is 11.1 Å². The molecule has 106 valence electrons. The van der Waals surface area contributed by atoms with Crippen LogP contribution in [0, 0.1) is 0 Å². The molecule has 0 aliphatic heterocycles. The molecule has 2 aromatic rings. The molecule has 20 heavy (non-hydrogen) atoms. The summed E-state index contributed by atoms with van der Waals surface area (Å²) in [6.07, 6.45) is -0.536. The summed E-state index contributed by atoms with van der Waals surface area (Å²) in [5.41, 5.74) is 6.98. The van der Waals surface area contributed by atoms with Crippen LogP contribution in [-0.2, 0) is 4.74 Å². The molecule has 0 aliphatic rings. The lowest BCUT2D eigenvalue weighted by atomic mass is 10.2. The molecular formula is C14H17N3O2S. The summed E-state index contributed by atoms with van der Waals surface area (Å²) in [6.45, 7) is 5.41. The van der Waals surface area contributed by atoms with E-state index in [1.54, 1.807) is 20.8 Å². The molecule has 0 saturated heterocycles. The molecule has 6 heteroatoms. The van der Waals surface area contributed by atoms with Gasteiger partial charge in [-0.2, -0.15) is 0 Å². The van der Waals surface area contributed by atoms with E-state index in [1.807, 2.05) is 30.3 Å². The number of rotatable bonds is 2. The Bertz CT molecular complexity index is 603. The van der Waals surface area contributed by atoms with Crippen molar-refractivity contribution in [3.63, 3.8) is 0 Å². The standard InChI is InChI=1S/C14H17N3O2S/c1-14(2,3)19-13(18)17-12-16-10(11(15)20-12)9-7-5-4-6-8-9/h4-8H,15H2,1-3H3,(H,16,17,18). The fourth-order valence-electron chi connectivity index (χ4n) is 1.58. The minimum absolute atomic E-state index is 0.426. The van der Waals surface area contributed by atoms with Gasteiger partial charge in [0.05, 0.1) is 0 Å². The van der Waals surface area contributed by atoms with Gasteiger partial charge in [-0.1, -0.05) is 41.7 Å². The molecule has 0 spiro atoms. The summed E-state index contributed by atoms with van der Waals surface area (Å²) in [5.74, 6) is 0. The number of benzene rings is 1. The van der Waals surface area contributed by atoms with Crippen molar-refractivity contribution in [1.29, 1.82) is 0 Å². The maximum Gasteiger partial charge on any atom is 0.413 e. The smallest absolute Gasteiger partial charge is 0.413 e. The van der Waals surface area contributed by atoms with E-state index in [9.17, 15) is 4.79 Å². The van der Waals surface area contributed by atoms with E-state index < -0.39 is 11.7 Å². The van der Waals surface area contributed by atoms with Gasteiger partial charge in [0, 0.05) is 5.56 Å². The number of nitrogens with one attached hydrogen (secondary N) is 1. The molecule has 1 aromatic carbocycles. The number of nitrogen functional groups attached to an aromatic ring is 1. The molecule has 0 atom stereocenters.